The van der Waals surface area contributed by atoms with Gasteiger partial charge in [0.2, 0.25) is 0 Å². The van der Waals surface area contributed by atoms with E-state index < -0.39 is 0 Å². The fourth-order valence-corrected chi connectivity index (χ4v) is 1.58. The van der Waals surface area contributed by atoms with Gasteiger partial charge in [-0.15, -0.1) is 0 Å². The second-order valence-corrected chi connectivity index (χ2v) is 3.84. The Morgan fingerprint density at radius 3 is 2.67 bits per heavy atom. The summed E-state index contributed by atoms with van der Waals surface area (Å²) < 4.78 is 6.49. The highest BCUT2D eigenvalue weighted by atomic mass is 16.5. The van der Waals surface area contributed by atoms with E-state index in [9.17, 15) is 4.79 Å². The molecule has 0 spiro atoms. The maximum atomic E-state index is 11.8. The summed E-state index contributed by atoms with van der Waals surface area (Å²) in [7, 11) is 1.62. The van der Waals surface area contributed by atoms with Gasteiger partial charge in [0.25, 0.3) is 5.56 Å². The van der Waals surface area contributed by atoms with Crippen LogP contribution in [0.1, 0.15) is 11.1 Å². The lowest BCUT2D eigenvalue weighted by Gasteiger charge is -2.05. The van der Waals surface area contributed by atoms with Crippen molar-refractivity contribution in [2.75, 3.05) is 7.11 Å². The molecule has 2 aromatic rings. The van der Waals surface area contributed by atoms with E-state index in [0.717, 1.165) is 16.9 Å². The first kappa shape index (κ1) is 12.1. The van der Waals surface area contributed by atoms with Gasteiger partial charge in [-0.2, -0.15) is 5.10 Å². The van der Waals surface area contributed by atoms with Crippen LogP contribution in [0.2, 0.25) is 0 Å². The van der Waals surface area contributed by atoms with Gasteiger partial charge in [-0.05, 0) is 23.3 Å². The molecule has 0 aliphatic heterocycles. The fourth-order valence-electron chi connectivity index (χ4n) is 1.58. The summed E-state index contributed by atoms with van der Waals surface area (Å²) >= 11 is 0. The molecule has 0 radical (unpaired) electrons. The van der Waals surface area contributed by atoms with E-state index in [2.05, 4.69) is 11.7 Å². The van der Waals surface area contributed by atoms with Crippen LogP contribution in [0.25, 0.3) is 6.08 Å². The van der Waals surface area contributed by atoms with E-state index in [-0.39, 0.29) is 5.56 Å². The van der Waals surface area contributed by atoms with Crippen LogP contribution in [-0.4, -0.2) is 16.9 Å². The molecule has 1 aromatic heterocycles. The molecule has 18 heavy (non-hydrogen) atoms. The Morgan fingerprint density at radius 1 is 1.39 bits per heavy atom. The third-order valence-electron chi connectivity index (χ3n) is 2.62. The van der Waals surface area contributed by atoms with Gasteiger partial charge in [0.15, 0.2) is 0 Å². The fraction of sp³-hybridized carbons (Fsp3) is 0.143. The van der Waals surface area contributed by atoms with E-state index in [1.807, 2.05) is 24.3 Å². The summed E-state index contributed by atoms with van der Waals surface area (Å²) in [5.41, 5.74) is 1.59. The number of hydrogen-bond donors (Lipinski definition) is 0. The first-order chi connectivity index (χ1) is 8.72. The topological polar surface area (TPSA) is 44.1 Å². The lowest BCUT2D eigenvalue weighted by molar-refractivity contribution is 0.414. The number of rotatable bonds is 4. The molecule has 1 aromatic carbocycles. The van der Waals surface area contributed by atoms with E-state index >= 15 is 0 Å². The molecule has 0 N–H and O–H groups in total. The molecule has 0 aliphatic rings. The first-order valence-electron chi connectivity index (χ1n) is 5.55. The van der Waals surface area contributed by atoms with Crippen molar-refractivity contribution < 1.29 is 4.74 Å². The summed E-state index contributed by atoms with van der Waals surface area (Å²) in [5.74, 6) is 0.793. The molecule has 0 bridgehead atoms. The standard InChI is InChI=1S/C14H14N2O2/c1-3-11-8-14(17)16(15-9-11)10-12-4-6-13(18-2)7-5-12/h3-9H,1,10H2,2H3. The van der Waals surface area contributed by atoms with Crippen LogP contribution < -0.4 is 10.3 Å². The second-order valence-electron chi connectivity index (χ2n) is 3.84. The number of methoxy groups -OCH3 is 1. The predicted octanol–water partition coefficient (Wildman–Crippen LogP) is 1.94. The van der Waals surface area contributed by atoms with Gasteiger partial charge in [0.05, 0.1) is 19.9 Å². The van der Waals surface area contributed by atoms with Crippen molar-refractivity contribution in [3.63, 3.8) is 0 Å². The molecule has 0 unspecified atom stereocenters. The zero-order valence-corrected chi connectivity index (χ0v) is 10.2. The van der Waals surface area contributed by atoms with Crippen molar-refractivity contribution in [2.45, 2.75) is 6.54 Å². The van der Waals surface area contributed by atoms with E-state index in [1.54, 1.807) is 19.4 Å². The Kier molecular flexibility index (Phi) is 3.57. The minimum absolute atomic E-state index is 0.136. The SMILES string of the molecule is C=Cc1cnn(Cc2ccc(OC)cc2)c(=O)c1. The molecule has 2 rings (SSSR count). The molecule has 4 heteroatoms. The van der Waals surface area contributed by atoms with Crippen LogP contribution in [0.5, 0.6) is 5.75 Å². The Hall–Kier alpha value is -2.36. The molecule has 0 saturated heterocycles. The zero-order chi connectivity index (χ0) is 13.0. The average molecular weight is 242 g/mol. The molecule has 0 amide bonds. The van der Waals surface area contributed by atoms with Crippen LogP contribution in [0.15, 0.2) is 47.9 Å². The number of nitrogens with zero attached hydrogens (tertiary/aromatic N) is 2. The molecule has 0 fully saturated rings. The lowest BCUT2D eigenvalue weighted by Crippen LogP contribution is -2.22. The minimum atomic E-state index is -0.136. The molecular formula is C14H14N2O2. The smallest absolute Gasteiger partial charge is 0.267 e. The highest BCUT2D eigenvalue weighted by Crippen LogP contribution is 2.11. The molecule has 0 aliphatic carbocycles. The summed E-state index contributed by atoms with van der Waals surface area (Å²) in [6.45, 7) is 4.05. The van der Waals surface area contributed by atoms with Crippen LogP contribution in [0.4, 0.5) is 0 Å². The quantitative estimate of drug-likeness (QED) is 0.823. The van der Waals surface area contributed by atoms with Gasteiger partial charge in [-0.1, -0.05) is 24.8 Å². The summed E-state index contributed by atoms with van der Waals surface area (Å²) in [5, 5.41) is 4.09. The van der Waals surface area contributed by atoms with E-state index in [1.165, 1.54) is 10.7 Å². The molecular weight excluding hydrogens is 228 g/mol. The number of aromatic nitrogens is 2. The van der Waals surface area contributed by atoms with Gasteiger partial charge in [-0.25, -0.2) is 4.68 Å². The molecule has 0 saturated carbocycles. The average Bonchev–Trinajstić information content (AvgIpc) is 2.42. The number of hydrogen-bond acceptors (Lipinski definition) is 3. The zero-order valence-electron chi connectivity index (χ0n) is 10.2. The maximum Gasteiger partial charge on any atom is 0.267 e. The Morgan fingerprint density at radius 2 is 2.11 bits per heavy atom. The van der Waals surface area contributed by atoms with Crippen LogP contribution >= 0.6 is 0 Å². The summed E-state index contributed by atoms with van der Waals surface area (Å²) in [6.07, 6.45) is 3.23. The van der Waals surface area contributed by atoms with Crippen molar-refractivity contribution in [3.8, 4) is 5.75 Å². The summed E-state index contributed by atoms with van der Waals surface area (Å²) in [6, 6.07) is 9.06. The predicted molar refractivity (Wildman–Crippen MR) is 70.7 cm³/mol. The van der Waals surface area contributed by atoms with Crippen molar-refractivity contribution >= 4 is 6.08 Å². The van der Waals surface area contributed by atoms with Crippen molar-refractivity contribution in [2.24, 2.45) is 0 Å². The van der Waals surface area contributed by atoms with Crippen molar-refractivity contribution in [3.05, 3.63) is 64.6 Å². The van der Waals surface area contributed by atoms with Gasteiger partial charge in [0, 0.05) is 6.07 Å². The van der Waals surface area contributed by atoms with Gasteiger partial charge >= 0.3 is 0 Å². The number of benzene rings is 1. The molecule has 1 heterocycles. The monoisotopic (exact) mass is 242 g/mol. The van der Waals surface area contributed by atoms with Crippen LogP contribution in [0.3, 0.4) is 0 Å². The Labute approximate surface area is 105 Å². The van der Waals surface area contributed by atoms with Crippen molar-refractivity contribution in [1.29, 1.82) is 0 Å². The Bertz CT molecular complexity index is 600. The lowest BCUT2D eigenvalue weighted by atomic mass is 10.2. The van der Waals surface area contributed by atoms with Gasteiger partial charge in [-0.3, -0.25) is 4.79 Å². The maximum absolute atomic E-state index is 11.8. The third-order valence-corrected chi connectivity index (χ3v) is 2.62. The molecule has 92 valence electrons. The highest BCUT2D eigenvalue weighted by molar-refractivity contribution is 5.43. The normalized spacial score (nSPS) is 10.1. The first-order valence-corrected chi connectivity index (χ1v) is 5.55. The van der Waals surface area contributed by atoms with E-state index in [0.29, 0.717) is 6.54 Å². The van der Waals surface area contributed by atoms with Crippen LogP contribution in [-0.2, 0) is 6.54 Å². The number of ether oxygens (including phenoxy) is 1. The second kappa shape index (κ2) is 5.31. The Balaban J connectivity index is 2.22. The van der Waals surface area contributed by atoms with E-state index in [4.69, 9.17) is 4.74 Å². The minimum Gasteiger partial charge on any atom is -0.497 e. The highest BCUT2D eigenvalue weighted by Gasteiger charge is 2.00. The van der Waals surface area contributed by atoms with Crippen molar-refractivity contribution in [1.82, 2.24) is 9.78 Å². The van der Waals surface area contributed by atoms with Gasteiger partial charge in [0.1, 0.15) is 5.75 Å². The third kappa shape index (κ3) is 2.66. The molecule has 4 nitrogen and oxygen atoms in total. The van der Waals surface area contributed by atoms with Crippen LogP contribution in [0, 0.1) is 0 Å². The molecule has 0 atom stereocenters. The summed E-state index contributed by atoms with van der Waals surface area (Å²) in [4.78, 5) is 11.8. The largest absolute Gasteiger partial charge is 0.497 e. The van der Waals surface area contributed by atoms with Gasteiger partial charge < -0.3 is 4.74 Å².